The van der Waals surface area contributed by atoms with E-state index in [0.717, 1.165) is 18.6 Å². The van der Waals surface area contributed by atoms with Gasteiger partial charge in [-0.15, -0.1) is 0 Å². The summed E-state index contributed by atoms with van der Waals surface area (Å²) in [5.41, 5.74) is 0.319. The first kappa shape index (κ1) is 15.3. The molecule has 3 unspecified atom stereocenters. The minimum atomic E-state index is 0.319. The van der Waals surface area contributed by atoms with Crippen LogP contribution >= 0.6 is 11.8 Å². The summed E-state index contributed by atoms with van der Waals surface area (Å²) in [6.07, 6.45) is 6.00. The molecule has 0 radical (unpaired) electrons. The van der Waals surface area contributed by atoms with Crippen molar-refractivity contribution >= 4 is 11.8 Å². The van der Waals surface area contributed by atoms with Crippen LogP contribution in [-0.2, 0) is 0 Å². The second-order valence-electron chi connectivity index (χ2n) is 5.66. The Labute approximate surface area is 112 Å². The van der Waals surface area contributed by atoms with E-state index < -0.39 is 0 Å². The lowest BCUT2D eigenvalue weighted by atomic mass is 9.91. The minimum Gasteiger partial charge on any atom is -0.309 e. The molecule has 1 rings (SSSR count). The van der Waals surface area contributed by atoms with Gasteiger partial charge in [0.2, 0.25) is 0 Å². The van der Waals surface area contributed by atoms with E-state index in [0.29, 0.717) is 5.54 Å². The molecule has 1 aliphatic rings. The summed E-state index contributed by atoms with van der Waals surface area (Å²) in [5, 5.41) is 3.74. The first-order valence-corrected chi connectivity index (χ1v) is 8.45. The van der Waals surface area contributed by atoms with Crippen LogP contribution in [0.15, 0.2) is 0 Å². The smallest absolute Gasteiger partial charge is 0.0278 e. The highest BCUT2D eigenvalue weighted by Gasteiger charge is 2.35. The van der Waals surface area contributed by atoms with Gasteiger partial charge in [0.25, 0.3) is 0 Å². The number of piperazine rings is 1. The lowest BCUT2D eigenvalue weighted by Gasteiger charge is -2.48. The highest BCUT2D eigenvalue weighted by atomic mass is 32.2. The molecule has 3 atom stereocenters. The molecule has 0 aromatic rings. The van der Waals surface area contributed by atoms with Crippen molar-refractivity contribution in [2.24, 2.45) is 0 Å². The van der Waals surface area contributed by atoms with Gasteiger partial charge in [-0.1, -0.05) is 13.8 Å². The molecule has 0 aliphatic carbocycles. The quantitative estimate of drug-likeness (QED) is 0.788. The average Bonchev–Trinajstić information content (AvgIpc) is 2.36. The summed E-state index contributed by atoms with van der Waals surface area (Å²) >= 11 is 1.97. The summed E-state index contributed by atoms with van der Waals surface area (Å²) in [6, 6.07) is 1.45. The Balaban J connectivity index is 2.62. The number of thioether (sulfide) groups is 1. The molecule has 0 aromatic heterocycles. The van der Waals surface area contributed by atoms with Gasteiger partial charge in [0.15, 0.2) is 0 Å². The topological polar surface area (TPSA) is 15.3 Å². The van der Waals surface area contributed by atoms with Crippen molar-refractivity contribution < 1.29 is 0 Å². The van der Waals surface area contributed by atoms with Crippen molar-refractivity contribution in [3.63, 3.8) is 0 Å². The molecule has 0 aromatic carbocycles. The Bertz CT molecular complexity index is 222. The van der Waals surface area contributed by atoms with Crippen molar-refractivity contribution in [2.45, 2.75) is 64.6 Å². The highest BCUT2D eigenvalue weighted by molar-refractivity contribution is 7.98. The van der Waals surface area contributed by atoms with Crippen LogP contribution in [-0.4, -0.2) is 47.6 Å². The predicted molar refractivity (Wildman–Crippen MR) is 79.9 cm³/mol. The fourth-order valence-electron chi connectivity index (χ4n) is 2.66. The van der Waals surface area contributed by atoms with Crippen LogP contribution in [0.2, 0.25) is 0 Å². The maximum Gasteiger partial charge on any atom is 0.0278 e. The standard InChI is InChI=1S/C14H30N2S/c1-6-13-10-15-14(4,7-2)11-16(13)12(3)8-9-17-5/h12-13,15H,6-11H2,1-5H3. The van der Waals surface area contributed by atoms with Crippen LogP contribution in [0, 0.1) is 0 Å². The maximum absolute atomic E-state index is 3.74. The molecule has 1 heterocycles. The van der Waals surface area contributed by atoms with Crippen molar-refractivity contribution in [1.82, 2.24) is 10.2 Å². The lowest BCUT2D eigenvalue weighted by Crippen LogP contribution is -2.64. The first-order valence-electron chi connectivity index (χ1n) is 7.06. The van der Waals surface area contributed by atoms with Gasteiger partial charge in [-0.25, -0.2) is 0 Å². The van der Waals surface area contributed by atoms with Gasteiger partial charge in [-0.2, -0.15) is 11.8 Å². The van der Waals surface area contributed by atoms with Gasteiger partial charge in [0, 0.05) is 30.7 Å². The van der Waals surface area contributed by atoms with Crippen LogP contribution < -0.4 is 5.32 Å². The third-order valence-corrected chi connectivity index (χ3v) is 4.97. The molecule has 1 N–H and O–H groups in total. The molecular formula is C14H30N2S. The van der Waals surface area contributed by atoms with Crippen molar-refractivity contribution in [3.8, 4) is 0 Å². The zero-order chi connectivity index (χ0) is 12.9. The molecular weight excluding hydrogens is 228 g/mol. The third-order valence-electron chi connectivity index (χ3n) is 4.32. The molecule has 0 amide bonds. The Kier molecular flexibility index (Phi) is 6.32. The molecule has 2 nitrogen and oxygen atoms in total. The van der Waals surface area contributed by atoms with E-state index in [1.54, 1.807) is 0 Å². The van der Waals surface area contributed by atoms with E-state index >= 15 is 0 Å². The molecule has 0 spiro atoms. The Morgan fingerprint density at radius 3 is 2.71 bits per heavy atom. The van der Waals surface area contributed by atoms with Crippen LogP contribution in [0.3, 0.4) is 0 Å². The molecule has 102 valence electrons. The van der Waals surface area contributed by atoms with Gasteiger partial charge < -0.3 is 5.32 Å². The van der Waals surface area contributed by atoms with Gasteiger partial charge >= 0.3 is 0 Å². The molecule has 1 fully saturated rings. The fourth-order valence-corrected chi connectivity index (χ4v) is 3.23. The van der Waals surface area contributed by atoms with Crippen molar-refractivity contribution in [2.75, 3.05) is 25.1 Å². The number of nitrogens with zero attached hydrogens (tertiary/aromatic N) is 1. The molecule has 0 bridgehead atoms. The number of hydrogen-bond donors (Lipinski definition) is 1. The average molecular weight is 258 g/mol. The molecule has 17 heavy (non-hydrogen) atoms. The van der Waals surface area contributed by atoms with E-state index in [1.165, 1.54) is 31.6 Å². The Morgan fingerprint density at radius 2 is 2.18 bits per heavy atom. The molecule has 1 aliphatic heterocycles. The summed E-state index contributed by atoms with van der Waals surface area (Å²) in [6.45, 7) is 11.7. The number of rotatable bonds is 6. The number of hydrogen-bond acceptors (Lipinski definition) is 3. The lowest BCUT2D eigenvalue weighted by molar-refractivity contribution is 0.0489. The van der Waals surface area contributed by atoms with E-state index in [9.17, 15) is 0 Å². The largest absolute Gasteiger partial charge is 0.309 e. The van der Waals surface area contributed by atoms with Gasteiger partial charge in [-0.3, -0.25) is 4.90 Å². The predicted octanol–water partition coefficient (Wildman–Crippen LogP) is 2.98. The van der Waals surface area contributed by atoms with E-state index in [-0.39, 0.29) is 0 Å². The van der Waals surface area contributed by atoms with E-state index in [2.05, 4.69) is 44.2 Å². The highest BCUT2D eigenvalue weighted by Crippen LogP contribution is 2.23. The second kappa shape index (κ2) is 7.01. The van der Waals surface area contributed by atoms with E-state index in [1.807, 2.05) is 11.8 Å². The zero-order valence-corrected chi connectivity index (χ0v) is 13.1. The van der Waals surface area contributed by atoms with E-state index in [4.69, 9.17) is 0 Å². The monoisotopic (exact) mass is 258 g/mol. The Morgan fingerprint density at radius 1 is 1.47 bits per heavy atom. The summed E-state index contributed by atoms with van der Waals surface area (Å²) in [4.78, 5) is 2.75. The van der Waals surface area contributed by atoms with Crippen LogP contribution in [0.1, 0.15) is 47.0 Å². The Hall–Kier alpha value is 0.270. The fraction of sp³-hybridized carbons (Fsp3) is 1.00. The SMILES string of the molecule is CCC1CNC(C)(CC)CN1C(C)CCSC. The van der Waals surface area contributed by atoms with Crippen molar-refractivity contribution in [3.05, 3.63) is 0 Å². The van der Waals surface area contributed by atoms with Gasteiger partial charge in [0.1, 0.15) is 0 Å². The summed E-state index contributed by atoms with van der Waals surface area (Å²) in [7, 11) is 0. The van der Waals surface area contributed by atoms with Crippen molar-refractivity contribution in [1.29, 1.82) is 0 Å². The molecule has 1 saturated heterocycles. The van der Waals surface area contributed by atoms with Crippen LogP contribution in [0.5, 0.6) is 0 Å². The van der Waals surface area contributed by atoms with Gasteiger partial charge in [-0.05, 0) is 45.1 Å². The third kappa shape index (κ3) is 4.15. The molecule has 0 saturated carbocycles. The summed E-state index contributed by atoms with van der Waals surface area (Å²) in [5.74, 6) is 1.28. The number of nitrogens with one attached hydrogen (secondary N) is 1. The second-order valence-corrected chi connectivity index (χ2v) is 6.65. The van der Waals surface area contributed by atoms with Crippen LogP contribution in [0.4, 0.5) is 0 Å². The van der Waals surface area contributed by atoms with Gasteiger partial charge in [0.05, 0.1) is 0 Å². The summed E-state index contributed by atoms with van der Waals surface area (Å²) < 4.78 is 0. The minimum absolute atomic E-state index is 0.319. The van der Waals surface area contributed by atoms with Crippen LogP contribution in [0.25, 0.3) is 0 Å². The maximum atomic E-state index is 3.74. The first-order chi connectivity index (χ1) is 8.06. The normalized spacial score (nSPS) is 32.6. The molecule has 3 heteroatoms. The zero-order valence-electron chi connectivity index (χ0n) is 12.3.